The largest absolute Gasteiger partial charge is 0.395 e. The van der Waals surface area contributed by atoms with E-state index in [0.29, 0.717) is 17.1 Å². The predicted octanol–water partition coefficient (Wildman–Crippen LogP) is 3.08. The zero-order valence-electron chi connectivity index (χ0n) is 17.7. The second kappa shape index (κ2) is 9.03. The Hall–Kier alpha value is -3.97. The summed E-state index contributed by atoms with van der Waals surface area (Å²) in [6.45, 7) is 1.71. The minimum atomic E-state index is -1.23. The van der Waals surface area contributed by atoms with Crippen LogP contribution in [0.15, 0.2) is 83.9 Å². The number of rotatable bonds is 5. The number of para-hydroxylation sites is 1. The molecule has 3 aromatic rings. The van der Waals surface area contributed by atoms with Crippen LogP contribution in [0.25, 0.3) is 0 Å². The van der Waals surface area contributed by atoms with Crippen molar-refractivity contribution < 1.29 is 14.7 Å². The molecule has 1 atom stereocenters. The molecule has 0 bridgehead atoms. The van der Waals surface area contributed by atoms with E-state index in [1.807, 2.05) is 67.6 Å². The number of β-amino-alcohol motifs (C(OH)–C–C–N with tert-alkyl or cyclic N) is 1. The lowest BCUT2D eigenvalue weighted by atomic mass is 10.0. The maximum Gasteiger partial charge on any atom is 0.321 e. The monoisotopic (exact) mass is 428 g/mol. The number of fused-ring (bicyclic) bond motifs is 1. The molecule has 4 rings (SSSR count). The molecule has 0 spiro atoms. The molecule has 3 aromatic carbocycles. The van der Waals surface area contributed by atoms with Gasteiger partial charge in [0, 0.05) is 23.4 Å². The van der Waals surface area contributed by atoms with Crippen LogP contribution in [-0.2, 0) is 4.79 Å². The molecule has 1 aliphatic rings. The Balaban J connectivity index is 1.97. The van der Waals surface area contributed by atoms with Gasteiger partial charge in [-0.05, 0) is 30.7 Å². The van der Waals surface area contributed by atoms with Crippen LogP contribution in [0, 0.1) is 6.92 Å². The van der Waals surface area contributed by atoms with Crippen molar-refractivity contribution in [3.05, 3.63) is 95.6 Å². The van der Waals surface area contributed by atoms with E-state index in [1.165, 1.54) is 9.80 Å². The molecule has 0 fully saturated rings. The van der Waals surface area contributed by atoms with Gasteiger partial charge in [-0.25, -0.2) is 9.79 Å². The number of carbonyl (C=O) groups is 2. The van der Waals surface area contributed by atoms with Gasteiger partial charge in [0.15, 0.2) is 0 Å². The van der Waals surface area contributed by atoms with Gasteiger partial charge >= 0.3 is 6.03 Å². The molecule has 3 N–H and O–H groups in total. The number of anilines is 2. The van der Waals surface area contributed by atoms with Crippen LogP contribution in [-0.4, -0.2) is 42.1 Å². The van der Waals surface area contributed by atoms with Gasteiger partial charge < -0.3 is 15.7 Å². The topological polar surface area (TPSA) is 99.2 Å². The summed E-state index contributed by atoms with van der Waals surface area (Å²) < 4.78 is 0. The molecular weight excluding hydrogens is 404 g/mol. The quantitative estimate of drug-likeness (QED) is 0.653. The molecule has 0 aliphatic carbocycles. The van der Waals surface area contributed by atoms with Crippen LogP contribution in [0.2, 0.25) is 0 Å². The van der Waals surface area contributed by atoms with Crippen molar-refractivity contribution in [2.24, 2.45) is 10.7 Å². The summed E-state index contributed by atoms with van der Waals surface area (Å²) in [6.07, 6.45) is -1.23. The number of nitrogens with zero attached hydrogens (tertiary/aromatic N) is 3. The van der Waals surface area contributed by atoms with Crippen molar-refractivity contribution in [2.75, 3.05) is 23.0 Å². The molecule has 1 aliphatic heterocycles. The first-order valence-electron chi connectivity index (χ1n) is 10.3. The maximum absolute atomic E-state index is 13.7. The minimum Gasteiger partial charge on any atom is -0.395 e. The Morgan fingerprint density at radius 3 is 2.47 bits per heavy atom. The lowest BCUT2D eigenvalue weighted by Crippen LogP contribution is -2.52. The van der Waals surface area contributed by atoms with Crippen molar-refractivity contribution >= 4 is 29.0 Å². The van der Waals surface area contributed by atoms with E-state index in [2.05, 4.69) is 0 Å². The minimum absolute atomic E-state index is 0.0599. The normalized spacial score (nSPS) is 15.6. The van der Waals surface area contributed by atoms with Gasteiger partial charge in [-0.3, -0.25) is 9.69 Å². The number of carbonyl (C=O) groups excluding carboxylic acids is 2. The number of aliphatic hydroxyl groups excluding tert-OH is 1. The Kier molecular flexibility index (Phi) is 6.00. The average molecular weight is 428 g/mol. The van der Waals surface area contributed by atoms with E-state index in [1.54, 1.807) is 18.2 Å². The van der Waals surface area contributed by atoms with Crippen molar-refractivity contribution in [1.82, 2.24) is 0 Å². The van der Waals surface area contributed by atoms with Crippen LogP contribution in [0.3, 0.4) is 0 Å². The van der Waals surface area contributed by atoms with E-state index in [0.717, 1.165) is 16.7 Å². The fraction of sp³-hybridized carbons (Fsp3) is 0.160. The summed E-state index contributed by atoms with van der Waals surface area (Å²) in [7, 11) is 0. The molecule has 1 unspecified atom stereocenters. The standard InChI is InChI=1S/C25H24N4O3/c1-17-8-7-11-19(16-17)29(25(26)32)23-24(31)28(14-15-30)21-13-6-5-12-20(21)22(27-23)18-9-3-2-4-10-18/h2-13,16,23,30H,14-15H2,1H3,(H2,26,32). The average Bonchev–Trinajstić information content (AvgIpc) is 2.91. The SMILES string of the molecule is Cc1cccc(N(C(N)=O)C2N=C(c3ccccc3)c3ccccc3N(CCO)C2=O)c1. The van der Waals surface area contributed by atoms with Crippen LogP contribution in [0.1, 0.15) is 16.7 Å². The highest BCUT2D eigenvalue weighted by Crippen LogP contribution is 2.31. The molecule has 0 saturated heterocycles. The number of primary amides is 1. The summed E-state index contributed by atoms with van der Waals surface area (Å²) in [5, 5.41) is 9.69. The highest BCUT2D eigenvalue weighted by atomic mass is 16.3. The van der Waals surface area contributed by atoms with Crippen LogP contribution >= 0.6 is 0 Å². The van der Waals surface area contributed by atoms with E-state index >= 15 is 0 Å². The number of nitrogens with two attached hydrogens (primary N) is 1. The summed E-state index contributed by atoms with van der Waals surface area (Å²) in [5.41, 5.74) is 9.88. The number of aryl methyl sites for hydroxylation is 1. The molecule has 162 valence electrons. The molecular formula is C25H24N4O3. The van der Waals surface area contributed by atoms with E-state index in [9.17, 15) is 14.7 Å². The molecule has 0 radical (unpaired) electrons. The Morgan fingerprint density at radius 2 is 1.78 bits per heavy atom. The van der Waals surface area contributed by atoms with Crippen molar-refractivity contribution in [3.8, 4) is 0 Å². The van der Waals surface area contributed by atoms with Crippen LogP contribution < -0.4 is 15.5 Å². The van der Waals surface area contributed by atoms with Gasteiger partial charge in [-0.1, -0.05) is 60.7 Å². The zero-order chi connectivity index (χ0) is 22.7. The van der Waals surface area contributed by atoms with Crippen molar-refractivity contribution in [3.63, 3.8) is 0 Å². The molecule has 7 nitrogen and oxygen atoms in total. The first kappa shape index (κ1) is 21.3. The van der Waals surface area contributed by atoms with E-state index in [4.69, 9.17) is 10.7 Å². The first-order valence-corrected chi connectivity index (χ1v) is 10.3. The van der Waals surface area contributed by atoms with Crippen LogP contribution in [0.4, 0.5) is 16.2 Å². The highest BCUT2D eigenvalue weighted by molar-refractivity contribution is 6.21. The van der Waals surface area contributed by atoms with Crippen LogP contribution in [0.5, 0.6) is 0 Å². The number of benzodiazepines with no additional fused rings is 1. The van der Waals surface area contributed by atoms with Crippen molar-refractivity contribution in [2.45, 2.75) is 13.1 Å². The second-order valence-corrected chi connectivity index (χ2v) is 7.50. The molecule has 0 saturated carbocycles. The molecule has 7 heteroatoms. The van der Waals surface area contributed by atoms with Gasteiger partial charge in [0.2, 0.25) is 6.17 Å². The number of amides is 3. The Labute approximate surface area is 186 Å². The number of aliphatic imine (C=N–C) groups is 1. The number of aliphatic hydroxyl groups is 1. The third kappa shape index (κ3) is 3.98. The van der Waals surface area contributed by atoms with E-state index < -0.39 is 18.1 Å². The summed E-state index contributed by atoms with van der Waals surface area (Å²) >= 11 is 0. The molecule has 3 amide bonds. The maximum atomic E-state index is 13.7. The first-order chi connectivity index (χ1) is 15.5. The molecule has 1 heterocycles. The van der Waals surface area contributed by atoms with Gasteiger partial charge in [-0.2, -0.15) is 0 Å². The van der Waals surface area contributed by atoms with E-state index in [-0.39, 0.29) is 13.2 Å². The molecule has 32 heavy (non-hydrogen) atoms. The zero-order valence-corrected chi connectivity index (χ0v) is 17.7. The Bertz CT molecular complexity index is 1180. The second-order valence-electron chi connectivity index (χ2n) is 7.50. The number of hydrogen-bond donors (Lipinski definition) is 2. The number of urea groups is 1. The van der Waals surface area contributed by atoms with Gasteiger partial charge in [0.05, 0.1) is 18.0 Å². The third-order valence-electron chi connectivity index (χ3n) is 5.32. The smallest absolute Gasteiger partial charge is 0.321 e. The predicted molar refractivity (Wildman–Crippen MR) is 125 cm³/mol. The van der Waals surface area contributed by atoms with Crippen molar-refractivity contribution in [1.29, 1.82) is 0 Å². The highest BCUT2D eigenvalue weighted by Gasteiger charge is 2.37. The summed E-state index contributed by atoms with van der Waals surface area (Å²) in [4.78, 5) is 33.8. The lowest BCUT2D eigenvalue weighted by molar-refractivity contribution is -0.119. The summed E-state index contributed by atoms with van der Waals surface area (Å²) in [6, 6.07) is 23.3. The fourth-order valence-electron chi connectivity index (χ4n) is 3.91. The fourth-order valence-corrected chi connectivity index (χ4v) is 3.91. The molecule has 0 aromatic heterocycles. The number of benzene rings is 3. The third-order valence-corrected chi connectivity index (χ3v) is 5.32. The lowest BCUT2D eigenvalue weighted by Gasteiger charge is -2.30. The summed E-state index contributed by atoms with van der Waals surface area (Å²) in [5.74, 6) is -0.447. The number of hydrogen-bond acceptors (Lipinski definition) is 4. The Morgan fingerprint density at radius 1 is 1.06 bits per heavy atom. The van der Waals surface area contributed by atoms with Gasteiger partial charge in [-0.15, -0.1) is 0 Å². The van der Waals surface area contributed by atoms with Gasteiger partial charge in [0.1, 0.15) is 0 Å². The van der Waals surface area contributed by atoms with Gasteiger partial charge in [0.25, 0.3) is 5.91 Å².